The molecule has 0 radical (unpaired) electrons. The quantitative estimate of drug-likeness (QED) is 0.0271. The molecular formula is C120H154O24S2. The Bertz CT molecular complexity index is 5610. The fraction of sp³-hybridized carbons (Fsp3) is 0.600. The molecule has 2 unspecified atom stereocenters. The summed E-state index contributed by atoms with van der Waals surface area (Å²) >= 11 is 9.74. The van der Waals surface area contributed by atoms with Crippen LogP contribution >= 0.6 is 25.3 Å². The topological polar surface area (TPSA) is 222 Å². The zero-order valence-electron chi connectivity index (χ0n) is 87.8. The lowest BCUT2D eigenvalue weighted by Gasteiger charge is -2.36. The molecular weight excluding hydrogens is 1890 g/mol. The first-order chi connectivity index (χ1) is 72.2. The van der Waals surface area contributed by atoms with E-state index in [0.29, 0.717) is 265 Å². The maximum Gasteiger partial charge on any atom is 0.231 e. The lowest BCUT2D eigenvalue weighted by atomic mass is 9.77. The molecule has 26 heteroatoms. The van der Waals surface area contributed by atoms with Crippen LogP contribution < -0.4 is 114 Å². The third-order valence-corrected chi connectivity index (χ3v) is 31.9. The Hall–Kier alpha value is -10.3. The molecule has 0 spiro atoms. The summed E-state index contributed by atoms with van der Waals surface area (Å²) in [7, 11) is 0. The molecule has 12 aliphatic rings. The van der Waals surface area contributed by atoms with E-state index in [-0.39, 0.29) is 119 Å². The molecule has 0 N–H and O–H groups in total. The first-order valence-electron chi connectivity index (χ1n) is 56.1. The van der Waals surface area contributed by atoms with E-state index in [2.05, 4.69) is 67.5 Å². The van der Waals surface area contributed by atoms with Crippen LogP contribution in [0.25, 0.3) is 0 Å². The molecule has 8 aromatic carbocycles. The van der Waals surface area contributed by atoms with E-state index in [4.69, 9.17) is 139 Å². The van der Waals surface area contributed by atoms with Crippen molar-refractivity contribution in [1.82, 2.24) is 0 Å². The van der Waals surface area contributed by atoms with E-state index in [1.807, 2.05) is 0 Å². The van der Waals surface area contributed by atoms with E-state index in [9.17, 15) is 0 Å². The molecule has 0 saturated heterocycles. The second kappa shape index (κ2) is 49.0. The van der Waals surface area contributed by atoms with Crippen molar-refractivity contribution in [2.75, 3.05) is 119 Å². The number of thiol groups is 2. The molecule has 12 heterocycles. The van der Waals surface area contributed by atoms with Crippen molar-refractivity contribution in [3.8, 4) is 138 Å². The number of unbranched alkanes of at least 4 members (excludes halogenated alkanes) is 16. The van der Waals surface area contributed by atoms with Gasteiger partial charge in [0.2, 0.25) is 100 Å². The summed E-state index contributed by atoms with van der Waals surface area (Å²) in [5, 5.41) is 0. The van der Waals surface area contributed by atoms with Crippen molar-refractivity contribution in [3.05, 3.63) is 135 Å². The van der Waals surface area contributed by atoms with Gasteiger partial charge in [-0.15, -0.1) is 0 Å². The molecule has 790 valence electrons. The van der Waals surface area contributed by atoms with Gasteiger partial charge in [0.25, 0.3) is 0 Å². The molecule has 12 aliphatic heterocycles. The molecule has 20 rings (SSSR count). The van der Waals surface area contributed by atoms with Gasteiger partial charge < -0.3 is 114 Å². The molecule has 0 aromatic heterocycles. The van der Waals surface area contributed by atoms with Crippen molar-refractivity contribution in [2.24, 2.45) is 0 Å². The highest BCUT2D eigenvalue weighted by molar-refractivity contribution is 7.80. The largest absolute Gasteiger partial charge is 0.486 e. The molecule has 24 nitrogen and oxygen atoms in total. The van der Waals surface area contributed by atoms with E-state index in [1.54, 1.807) is 0 Å². The van der Waals surface area contributed by atoms with Crippen molar-refractivity contribution >= 4 is 25.3 Å². The van der Waals surface area contributed by atoms with Crippen molar-refractivity contribution < 1.29 is 114 Å². The Morgan fingerprint density at radius 2 is 0.432 bits per heavy atom. The first-order valence-corrected chi connectivity index (χ1v) is 57.4. The van der Waals surface area contributed by atoms with Gasteiger partial charge in [-0.25, -0.2) is 0 Å². The van der Waals surface area contributed by atoms with Crippen LogP contribution in [-0.2, 0) is 77.0 Å². The maximum atomic E-state index is 7.79. The van der Waals surface area contributed by atoms with Crippen molar-refractivity contribution in [1.29, 1.82) is 0 Å². The molecule has 0 fully saturated rings. The number of hydrogen-bond acceptors (Lipinski definition) is 26. The SMILES string of the molecule is CCCCCc1c2c3c4c5c1Cc1c(CCCCC)c6c(c(OCCS)c1OCO5)OCOc1c(c(CCCCC)c5c7c1OCCCCOc1c8c9c(CCCCC)c%10c1OCOc1c(cc%11c(c1OCCCCOc1c(c(cc(c1OCO7)C5CCCCC)C2)OCO3)OCOc1c(c(CCCCC)c2c(c1OCCCCO4)OCOc1c(c(CCCCC)c(c(c1OCCS)OCO8)C9)C2)C%11)C%10CCCCC)C6. The minimum Gasteiger partial charge on any atom is -0.486 e. The van der Waals surface area contributed by atoms with Gasteiger partial charge in [0.15, 0.2) is 92.0 Å². The predicted molar refractivity (Wildman–Crippen MR) is 568 cm³/mol. The molecule has 0 saturated carbocycles. The summed E-state index contributed by atoms with van der Waals surface area (Å²) < 4.78 is 180. The van der Waals surface area contributed by atoms with E-state index in [0.717, 1.165) is 289 Å². The van der Waals surface area contributed by atoms with Crippen molar-refractivity contribution in [2.45, 2.75) is 350 Å². The van der Waals surface area contributed by atoms with Gasteiger partial charge in [0.05, 0.1) is 52.9 Å². The Morgan fingerprint density at radius 3 is 0.705 bits per heavy atom. The molecule has 22 bridgehead atoms. The van der Waals surface area contributed by atoms with Gasteiger partial charge in [-0.05, 0) is 174 Å². The van der Waals surface area contributed by atoms with Gasteiger partial charge in [0.1, 0.15) is 0 Å². The second-order valence-electron chi connectivity index (χ2n) is 41.1. The standard InChI is InChI=1S/C120H154O24S2/c1-9-17-25-39-75-83-57-73-59-85-79(43-29-21-13-5)95-81(45-31-23-15-7)93-63-91-77(41-27-19-11-3)89-61-87(75)103-115-99(83)131-65-129-97(73)113-101(85)141-71-143-111(95)119(109(93)139-69-137-107(91)117(127-53-55-145)105(89)135-67-133-103)125-51-37-38-52-126-120-110-94-64-92-78(42-28-20-12-4)90-62-88-76(40-26-18-10-2)84-58-74-60-86-80(44-30-22-14-6)96(82(94)46-32-24-16-8)112(120)144-72-142-102(86)114(122-48-34-33-47-121-113)98(74)130-66-132-100(84)116(124-50-36-35-49-123-115)104(88)134-68-136-106(90)118(128-54-56-146)108(92)138-70-140-110/h59-60,79-80,145-146H,9-58,61-72H2,1-8H3. The van der Waals surface area contributed by atoms with Crippen LogP contribution in [0, 0.1) is 0 Å². The smallest absolute Gasteiger partial charge is 0.231 e. The second-order valence-corrected chi connectivity index (χ2v) is 42.0. The Labute approximate surface area is 874 Å². The molecule has 2 atom stereocenters. The van der Waals surface area contributed by atoms with Gasteiger partial charge >= 0.3 is 0 Å². The van der Waals surface area contributed by atoms with Crippen LogP contribution in [0.4, 0.5) is 0 Å². The maximum absolute atomic E-state index is 7.79. The van der Waals surface area contributed by atoms with E-state index >= 15 is 0 Å². The minimum absolute atomic E-state index is 0.207. The van der Waals surface area contributed by atoms with Crippen LogP contribution in [0.5, 0.6) is 138 Å². The lowest BCUT2D eigenvalue weighted by molar-refractivity contribution is 0.0809. The normalized spacial score (nSPS) is 17.2. The summed E-state index contributed by atoms with van der Waals surface area (Å²) in [6.45, 7) is 18.4. The summed E-state index contributed by atoms with van der Waals surface area (Å²) in [6, 6.07) is 4.78. The predicted octanol–water partition coefficient (Wildman–Crippen LogP) is 27.5. The summed E-state index contributed by atoms with van der Waals surface area (Å²) in [5.74, 6) is 13.1. The van der Waals surface area contributed by atoms with E-state index in [1.165, 1.54) is 0 Å². The number of hydrogen-bond donors (Lipinski definition) is 2. The van der Waals surface area contributed by atoms with Gasteiger partial charge in [-0.3, -0.25) is 0 Å². The van der Waals surface area contributed by atoms with Crippen LogP contribution in [0.15, 0.2) is 12.1 Å². The number of fused-ring (bicyclic) bond motifs is 22. The molecule has 0 amide bonds. The van der Waals surface area contributed by atoms with E-state index < -0.39 is 0 Å². The minimum atomic E-state index is -0.380. The highest BCUT2D eigenvalue weighted by Gasteiger charge is 2.47. The summed E-state index contributed by atoms with van der Waals surface area (Å²) in [5.41, 5.74) is 22.8. The van der Waals surface area contributed by atoms with Crippen LogP contribution in [0.3, 0.4) is 0 Å². The average molecular weight is 2040 g/mol. The fourth-order valence-electron chi connectivity index (χ4n) is 24.6. The fourth-order valence-corrected chi connectivity index (χ4v) is 24.8. The third kappa shape index (κ3) is 20.8. The third-order valence-electron chi connectivity index (χ3n) is 31.6. The molecule has 0 aliphatic carbocycles. The average Bonchev–Trinajstić information content (AvgIpc) is 0.717. The zero-order chi connectivity index (χ0) is 99.9. The summed E-state index contributed by atoms with van der Waals surface area (Å²) in [4.78, 5) is 0. The van der Waals surface area contributed by atoms with Crippen LogP contribution in [0.2, 0.25) is 0 Å². The van der Waals surface area contributed by atoms with Crippen molar-refractivity contribution in [3.63, 3.8) is 0 Å². The monoisotopic (exact) mass is 2040 g/mol. The first kappa shape index (κ1) is 103. The summed E-state index contributed by atoms with van der Waals surface area (Å²) in [6.07, 6.45) is 34.0. The number of ether oxygens (including phenoxy) is 24. The van der Waals surface area contributed by atoms with Gasteiger partial charge in [-0.1, -0.05) is 171 Å². The Morgan fingerprint density at radius 1 is 0.219 bits per heavy atom. The van der Waals surface area contributed by atoms with Gasteiger partial charge in [-0.2, -0.15) is 25.3 Å². The number of benzene rings is 8. The number of rotatable bonds is 38. The highest BCUT2D eigenvalue weighted by Crippen LogP contribution is 2.65. The zero-order valence-corrected chi connectivity index (χ0v) is 89.6. The molecule has 8 aromatic rings. The molecule has 146 heavy (non-hydrogen) atoms. The van der Waals surface area contributed by atoms with Gasteiger partial charge in [0, 0.05) is 151 Å². The Kier molecular flexibility index (Phi) is 34.5. The van der Waals surface area contributed by atoms with Crippen LogP contribution in [0.1, 0.15) is 395 Å². The highest BCUT2D eigenvalue weighted by atomic mass is 32.1. The lowest BCUT2D eigenvalue weighted by Crippen LogP contribution is -2.25. The Balaban J connectivity index is 0.901. The van der Waals surface area contributed by atoms with Crippen LogP contribution in [-0.4, -0.2) is 119 Å².